The van der Waals surface area contributed by atoms with Crippen LogP contribution in [0.5, 0.6) is 0 Å². The third-order valence-electron chi connectivity index (χ3n) is 3.37. The molecule has 1 saturated heterocycles. The van der Waals surface area contributed by atoms with Gasteiger partial charge < -0.3 is 15.8 Å². The summed E-state index contributed by atoms with van der Waals surface area (Å²) in [6.07, 6.45) is 5.36. The Balaban J connectivity index is 2.23. The van der Waals surface area contributed by atoms with Crippen LogP contribution < -0.4 is 11.1 Å². The zero-order chi connectivity index (χ0) is 13.0. The Morgan fingerprint density at radius 3 is 3.11 bits per heavy atom. The van der Waals surface area contributed by atoms with Crippen molar-refractivity contribution in [2.75, 3.05) is 18.9 Å². The molecule has 1 aliphatic heterocycles. The summed E-state index contributed by atoms with van der Waals surface area (Å²) in [7, 11) is 0. The van der Waals surface area contributed by atoms with Gasteiger partial charge in [0.15, 0.2) is 0 Å². The van der Waals surface area contributed by atoms with Crippen LogP contribution in [0.25, 0.3) is 0 Å². The lowest BCUT2D eigenvalue weighted by molar-refractivity contribution is 0.0784. The third kappa shape index (κ3) is 3.00. The van der Waals surface area contributed by atoms with E-state index >= 15 is 0 Å². The van der Waals surface area contributed by atoms with Crippen molar-refractivity contribution in [3.05, 3.63) is 23.4 Å². The topological polar surface area (TPSA) is 60.2 Å². The summed E-state index contributed by atoms with van der Waals surface area (Å²) in [6.45, 7) is 6.03. The fraction of sp³-hybridized carbons (Fsp3) is 0.643. The largest absolute Gasteiger partial charge is 0.383 e. The van der Waals surface area contributed by atoms with Crippen molar-refractivity contribution in [2.24, 2.45) is 0 Å². The predicted octanol–water partition coefficient (Wildman–Crippen LogP) is 2.19. The van der Waals surface area contributed by atoms with Gasteiger partial charge in [0.25, 0.3) is 0 Å². The van der Waals surface area contributed by atoms with Gasteiger partial charge in [-0.1, -0.05) is 6.92 Å². The average Bonchev–Trinajstić information content (AvgIpc) is 2.88. The number of hydrogen-bond acceptors (Lipinski definition) is 4. The van der Waals surface area contributed by atoms with Crippen LogP contribution >= 0.6 is 0 Å². The van der Waals surface area contributed by atoms with Crippen molar-refractivity contribution < 1.29 is 4.74 Å². The Kier molecular flexibility index (Phi) is 4.55. The number of rotatable bonds is 5. The molecule has 2 rings (SSSR count). The van der Waals surface area contributed by atoms with Gasteiger partial charge in [-0.15, -0.1) is 0 Å². The van der Waals surface area contributed by atoms with Gasteiger partial charge in [0, 0.05) is 18.4 Å². The first-order valence-electron chi connectivity index (χ1n) is 6.79. The molecule has 2 unspecified atom stereocenters. The zero-order valence-electron chi connectivity index (χ0n) is 11.3. The molecule has 1 aromatic heterocycles. The van der Waals surface area contributed by atoms with Crippen LogP contribution in [-0.2, 0) is 4.74 Å². The van der Waals surface area contributed by atoms with Crippen molar-refractivity contribution in [2.45, 2.75) is 45.3 Å². The van der Waals surface area contributed by atoms with Crippen LogP contribution in [0.2, 0.25) is 0 Å². The van der Waals surface area contributed by atoms with Crippen LogP contribution in [0.1, 0.15) is 43.4 Å². The average molecular weight is 249 g/mol. The molecule has 0 aliphatic carbocycles. The summed E-state index contributed by atoms with van der Waals surface area (Å²) in [6, 6.07) is 2.29. The molecule has 18 heavy (non-hydrogen) atoms. The molecule has 4 heteroatoms. The van der Waals surface area contributed by atoms with E-state index in [0.717, 1.165) is 43.5 Å². The second kappa shape index (κ2) is 6.16. The minimum atomic E-state index is 0.167. The van der Waals surface area contributed by atoms with Gasteiger partial charge in [0.1, 0.15) is 5.82 Å². The second-order valence-corrected chi connectivity index (χ2v) is 4.97. The number of aromatic nitrogens is 1. The quantitative estimate of drug-likeness (QED) is 0.840. The number of nitrogens with two attached hydrogens (primary N) is 1. The lowest BCUT2D eigenvalue weighted by Crippen LogP contribution is -2.33. The lowest BCUT2D eigenvalue weighted by atomic mass is 9.98. The number of nitrogens with one attached hydrogen (secondary N) is 1. The van der Waals surface area contributed by atoms with E-state index < -0.39 is 0 Å². The maximum absolute atomic E-state index is 6.02. The van der Waals surface area contributed by atoms with E-state index in [1.807, 2.05) is 13.1 Å². The van der Waals surface area contributed by atoms with Crippen molar-refractivity contribution in [3.63, 3.8) is 0 Å². The van der Waals surface area contributed by atoms with Crippen molar-refractivity contribution in [3.8, 4) is 0 Å². The maximum Gasteiger partial charge on any atom is 0.128 e. The first-order chi connectivity index (χ1) is 8.72. The number of hydrogen-bond donors (Lipinski definition) is 2. The van der Waals surface area contributed by atoms with Crippen LogP contribution in [-0.4, -0.2) is 24.2 Å². The van der Waals surface area contributed by atoms with Gasteiger partial charge in [-0.25, -0.2) is 4.98 Å². The summed E-state index contributed by atoms with van der Waals surface area (Å²) in [4.78, 5) is 4.26. The zero-order valence-corrected chi connectivity index (χ0v) is 11.3. The molecule has 0 amide bonds. The summed E-state index contributed by atoms with van der Waals surface area (Å²) in [5, 5.41) is 3.55. The molecule has 1 fully saturated rings. The van der Waals surface area contributed by atoms with Crippen LogP contribution in [0, 0.1) is 6.92 Å². The third-order valence-corrected chi connectivity index (χ3v) is 3.37. The molecule has 0 aromatic carbocycles. The molecule has 1 aromatic rings. The summed E-state index contributed by atoms with van der Waals surface area (Å²) < 4.78 is 5.82. The fourth-order valence-corrected chi connectivity index (χ4v) is 2.46. The number of nitrogens with zero attached hydrogens (tertiary/aromatic N) is 1. The Hall–Kier alpha value is -1.13. The molecule has 2 atom stereocenters. The molecular weight excluding hydrogens is 226 g/mol. The summed E-state index contributed by atoms with van der Waals surface area (Å²) in [5.74, 6) is 0.615. The van der Waals surface area contributed by atoms with Gasteiger partial charge in [0.2, 0.25) is 0 Å². The Bertz CT molecular complexity index is 389. The molecule has 2 heterocycles. The Morgan fingerprint density at radius 2 is 2.44 bits per heavy atom. The minimum Gasteiger partial charge on any atom is -0.383 e. The summed E-state index contributed by atoms with van der Waals surface area (Å²) in [5.41, 5.74) is 8.24. The van der Waals surface area contributed by atoms with Gasteiger partial charge >= 0.3 is 0 Å². The molecule has 100 valence electrons. The molecule has 4 nitrogen and oxygen atoms in total. The SMILES string of the molecule is CCCNC(c1cc(C)cnc1N)C1CCCO1. The molecular formula is C14H23N3O. The van der Waals surface area contributed by atoms with Crippen molar-refractivity contribution in [1.82, 2.24) is 10.3 Å². The van der Waals surface area contributed by atoms with E-state index in [-0.39, 0.29) is 12.1 Å². The highest BCUT2D eigenvalue weighted by Crippen LogP contribution is 2.29. The molecule has 0 radical (unpaired) electrons. The molecule has 0 spiro atoms. The normalized spacial score (nSPS) is 21.1. The monoisotopic (exact) mass is 249 g/mol. The number of pyridine rings is 1. The van der Waals surface area contributed by atoms with E-state index in [1.165, 1.54) is 0 Å². The lowest BCUT2D eigenvalue weighted by Gasteiger charge is -2.25. The fourth-order valence-electron chi connectivity index (χ4n) is 2.46. The molecule has 3 N–H and O–H groups in total. The van der Waals surface area contributed by atoms with E-state index in [9.17, 15) is 0 Å². The number of anilines is 1. The highest BCUT2D eigenvalue weighted by Gasteiger charge is 2.28. The molecule has 0 bridgehead atoms. The summed E-state index contributed by atoms with van der Waals surface area (Å²) >= 11 is 0. The second-order valence-electron chi connectivity index (χ2n) is 4.97. The minimum absolute atomic E-state index is 0.167. The van der Waals surface area contributed by atoms with Gasteiger partial charge in [-0.3, -0.25) is 0 Å². The van der Waals surface area contributed by atoms with Crippen molar-refractivity contribution >= 4 is 5.82 Å². The highest BCUT2D eigenvalue weighted by atomic mass is 16.5. The number of aryl methyl sites for hydroxylation is 1. The Morgan fingerprint density at radius 1 is 1.61 bits per heavy atom. The predicted molar refractivity (Wildman–Crippen MR) is 73.4 cm³/mol. The van der Waals surface area contributed by atoms with Gasteiger partial charge in [-0.2, -0.15) is 0 Å². The van der Waals surface area contributed by atoms with E-state index in [2.05, 4.69) is 23.3 Å². The smallest absolute Gasteiger partial charge is 0.128 e. The first kappa shape index (κ1) is 13.3. The first-order valence-corrected chi connectivity index (χ1v) is 6.79. The molecule has 0 saturated carbocycles. The highest BCUT2D eigenvalue weighted by molar-refractivity contribution is 5.43. The van der Waals surface area contributed by atoms with Crippen LogP contribution in [0.15, 0.2) is 12.3 Å². The molecule has 1 aliphatic rings. The number of nitrogen functional groups attached to an aromatic ring is 1. The standard InChI is InChI=1S/C14H23N3O/c1-3-6-16-13(12-5-4-7-18-12)11-8-10(2)9-17-14(11)15/h8-9,12-13,16H,3-7H2,1-2H3,(H2,15,17). The van der Waals surface area contributed by atoms with Gasteiger partial charge in [-0.05, 0) is 44.4 Å². The van der Waals surface area contributed by atoms with E-state index in [0.29, 0.717) is 5.82 Å². The van der Waals surface area contributed by atoms with Crippen molar-refractivity contribution in [1.29, 1.82) is 0 Å². The van der Waals surface area contributed by atoms with Crippen LogP contribution in [0.3, 0.4) is 0 Å². The van der Waals surface area contributed by atoms with E-state index in [4.69, 9.17) is 10.5 Å². The van der Waals surface area contributed by atoms with Crippen LogP contribution in [0.4, 0.5) is 5.82 Å². The number of ether oxygens (including phenoxy) is 1. The van der Waals surface area contributed by atoms with E-state index in [1.54, 1.807) is 0 Å². The Labute approximate surface area is 109 Å². The maximum atomic E-state index is 6.02. The van der Waals surface area contributed by atoms with Gasteiger partial charge in [0.05, 0.1) is 12.1 Å².